The summed E-state index contributed by atoms with van der Waals surface area (Å²) in [5.41, 5.74) is 3.23. The molecule has 0 amide bonds. The third-order valence-electron chi connectivity index (χ3n) is 2.83. The van der Waals surface area contributed by atoms with Gasteiger partial charge < -0.3 is 4.90 Å². The number of aliphatic imine (C=N–C) groups is 1. The molecule has 0 aliphatic carbocycles. The van der Waals surface area contributed by atoms with Crippen molar-refractivity contribution in [3.05, 3.63) is 65.2 Å². The highest BCUT2D eigenvalue weighted by Crippen LogP contribution is 2.16. The number of nitrogens with zero attached hydrogens (tertiary/aromatic N) is 2. The van der Waals surface area contributed by atoms with Crippen LogP contribution < -0.4 is 4.90 Å². The highest BCUT2D eigenvalue weighted by atomic mass is 35.5. The molecule has 0 spiro atoms. The van der Waals surface area contributed by atoms with Crippen LogP contribution in [0.1, 0.15) is 5.56 Å². The molecule has 3 heteroatoms. The zero-order valence-electron chi connectivity index (χ0n) is 11.6. The van der Waals surface area contributed by atoms with E-state index in [0.717, 1.165) is 16.3 Å². The van der Waals surface area contributed by atoms with Crippen molar-refractivity contribution in [2.24, 2.45) is 4.99 Å². The second kappa shape index (κ2) is 6.92. The predicted octanol–water partition coefficient (Wildman–Crippen LogP) is 4.82. The van der Waals surface area contributed by atoms with Crippen LogP contribution in [-0.4, -0.2) is 20.3 Å². The Morgan fingerprint density at radius 2 is 1.60 bits per heavy atom. The smallest absolute Gasteiger partial charge is 0.0630 e. The standard InChI is InChI=1S/C17H17ClN2/c1-20(2)17-11-5-14(6-12-17)4-3-13-19-16-9-7-15(18)8-10-16/h3-13H,1-2H3/b4-3+,19-13?. The summed E-state index contributed by atoms with van der Waals surface area (Å²) in [4.78, 5) is 6.41. The molecule has 0 aromatic heterocycles. The molecule has 2 aromatic carbocycles. The van der Waals surface area contributed by atoms with Gasteiger partial charge in [-0.05, 0) is 48.0 Å². The van der Waals surface area contributed by atoms with Gasteiger partial charge in [0.2, 0.25) is 0 Å². The fourth-order valence-electron chi connectivity index (χ4n) is 1.69. The van der Waals surface area contributed by atoms with Crippen molar-refractivity contribution in [1.29, 1.82) is 0 Å². The molecule has 0 saturated heterocycles. The summed E-state index contributed by atoms with van der Waals surface area (Å²) in [5.74, 6) is 0. The summed E-state index contributed by atoms with van der Waals surface area (Å²) >= 11 is 5.82. The topological polar surface area (TPSA) is 15.6 Å². The monoisotopic (exact) mass is 284 g/mol. The molecule has 0 heterocycles. The second-order valence-corrected chi connectivity index (χ2v) is 5.04. The fraction of sp³-hybridized carbons (Fsp3) is 0.118. The van der Waals surface area contributed by atoms with Crippen molar-refractivity contribution in [2.45, 2.75) is 0 Å². The average Bonchev–Trinajstić information content (AvgIpc) is 2.46. The van der Waals surface area contributed by atoms with Gasteiger partial charge in [-0.2, -0.15) is 0 Å². The summed E-state index contributed by atoms with van der Waals surface area (Å²) in [7, 11) is 4.06. The van der Waals surface area contributed by atoms with Gasteiger partial charge in [-0.25, -0.2) is 0 Å². The van der Waals surface area contributed by atoms with Crippen molar-refractivity contribution >= 4 is 35.3 Å². The minimum atomic E-state index is 0.723. The second-order valence-electron chi connectivity index (χ2n) is 4.60. The van der Waals surface area contributed by atoms with E-state index in [9.17, 15) is 0 Å². The fourth-order valence-corrected chi connectivity index (χ4v) is 1.82. The van der Waals surface area contributed by atoms with Crippen molar-refractivity contribution < 1.29 is 0 Å². The maximum absolute atomic E-state index is 5.82. The number of benzene rings is 2. The minimum absolute atomic E-state index is 0.723. The number of hydrogen-bond acceptors (Lipinski definition) is 2. The largest absolute Gasteiger partial charge is 0.378 e. The number of allylic oxidation sites excluding steroid dienone is 1. The van der Waals surface area contributed by atoms with Gasteiger partial charge in [-0.1, -0.05) is 29.8 Å². The van der Waals surface area contributed by atoms with Gasteiger partial charge in [0.15, 0.2) is 0 Å². The van der Waals surface area contributed by atoms with Crippen molar-refractivity contribution in [1.82, 2.24) is 0 Å². The number of hydrogen-bond donors (Lipinski definition) is 0. The first-order valence-electron chi connectivity index (χ1n) is 6.39. The van der Waals surface area contributed by atoms with E-state index in [1.165, 1.54) is 5.69 Å². The van der Waals surface area contributed by atoms with Crippen molar-refractivity contribution in [2.75, 3.05) is 19.0 Å². The molecule has 20 heavy (non-hydrogen) atoms. The molecule has 2 nitrogen and oxygen atoms in total. The van der Waals surface area contributed by atoms with Crippen LogP contribution >= 0.6 is 11.6 Å². The van der Waals surface area contributed by atoms with Crippen LogP contribution in [0.2, 0.25) is 5.02 Å². The Kier molecular flexibility index (Phi) is 4.97. The summed E-state index contributed by atoms with van der Waals surface area (Å²) in [6.45, 7) is 0. The van der Waals surface area contributed by atoms with E-state index in [1.54, 1.807) is 6.21 Å². The van der Waals surface area contributed by atoms with Gasteiger partial charge >= 0.3 is 0 Å². The van der Waals surface area contributed by atoms with Crippen LogP contribution in [0.5, 0.6) is 0 Å². The Balaban J connectivity index is 1.97. The lowest BCUT2D eigenvalue weighted by atomic mass is 10.2. The Morgan fingerprint density at radius 3 is 2.20 bits per heavy atom. The maximum atomic E-state index is 5.82. The van der Waals surface area contributed by atoms with Gasteiger partial charge in [-0.3, -0.25) is 4.99 Å². The Hall–Kier alpha value is -2.06. The molecule has 0 aliphatic heterocycles. The zero-order chi connectivity index (χ0) is 14.4. The molecule has 0 saturated carbocycles. The molecule has 0 aliphatic rings. The van der Waals surface area contributed by atoms with Crippen molar-refractivity contribution in [3.63, 3.8) is 0 Å². The van der Waals surface area contributed by atoms with E-state index in [1.807, 2.05) is 50.5 Å². The van der Waals surface area contributed by atoms with Gasteiger partial charge in [0, 0.05) is 31.0 Å². The summed E-state index contributed by atoms with van der Waals surface area (Å²) in [6.07, 6.45) is 5.74. The van der Waals surface area contributed by atoms with E-state index in [2.05, 4.69) is 34.2 Å². The molecule has 0 atom stereocenters. The van der Waals surface area contributed by atoms with E-state index < -0.39 is 0 Å². The highest BCUT2D eigenvalue weighted by molar-refractivity contribution is 6.30. The summed E-state index contributed by atoms with van der Waals surface area (Å²) < 4.78 is 0. The van der Waals surface area contributed by atoms with Gasteiger partial charge in [0.1, 0.15) is 0 Å². The summed E-state index contributed by atoms with van der Waals surface area (Å²) in [6, 6.07) is 15.8. The molecular weight excluding hydrogens is 268 g/mol. The first-order chi connectivity index (χ1) is 9.65. The molecule has 2 rings (SSSR count). The summed E-state index contributed by atoms with van der Waals surface area (Å²) in [5, 5.41) is 0.723. The maximum Gasteiger partial charge on any atom is 0.0630 e. The molecular formula is C17H17ClN2. The number of anilines is 1. The van der Waals surface area contributed by atoms with Crippen LogP contribution in [0.15, 0.2) is 59.6 Å². The zero-order valence-corrected chi connectivity index (χ0v) is 12.4. The van der Waals surface area contributed by atoms with Crippen molar-refractivity contribution in [3.8, 4) is 0 Å². The molecule has 102 valence electrons. The van der Waals surface area contributed by atoms with Gasteiger partial charge in [0.05, 0.1) is 5.69 Å². The van der Waals surface area contributed by atoms with E-state index >= 15 is 0 Å². The van der Waals surface area contributed by atoms with Crippen LogP contribution in [-0.2, 0) is 0 Å². The minimum Gasteiger partial charge on any atom is -0.378 e. The molecule has 0 N–H and O–H groups in total. The average molecular weight is 285 g/mol. The SMILES string of the molecule is CN(C)c1ccc(/C=C/C=Nc2ccc(Cl)cc2)cc1. The van der Waals surface area contributed by atoms with Crippen LogP contribution in [0.25, 0.3) is 6.08 Å². The lowest BCUT2D eigenvalue weighted by molar-refractivity contribution is 1.13. The van der Waals surface area contributed by atoms with E-state index in [4.69, 9.17) is 11.6 Å². The third-order valence-corrected chi connectivity index (χ3v) is 3.09. The van der Waals surface area contributed by atoms with Gasteiger partial charge in [-0.15, -0.1) is 0 Å². The first kappa shape index (κ1) is 14.4. The third kappa shape index (κ3) is 4.25. The molecule has 0 unspecified atom stereocenters. The number of halogens is 1. The normalized spacial score (nSPS) is 11.3. The van der Waals surface area contributed by atoms with Crippen LogP contribution in [0, 0.1) is 0 Å². The Labute approximate surface area is 125 Å². The quantitative estimate of drug-likeness (QED) is 0.735. The lowest BCUT2D eigenvalue weighted by Gasteiger charge is -2.11. The van der Waals surface area contributed by atoms with E-state index in [0.29, 0.717) is 0 Å². The number of rotatable bonds is 4. The van der Waals surface area contributed by atoms with Gasteiger partial charge in [0.25, 0.3) is 0 Å². The Bertz CT molecular complexity index is 596. The molecule has 0 bridgehead atoms. The molecule has 0 radical (unpaired) electrons. The first-order valence-corrected chi connectivity index (χ1v) is 6.76. The van der Waals surface area contributed by atoms with Crippen LogP contribution in [0.4, 0.5) is 11.4 Å². The van der Waals surface area contributed by atoms with E-state index in [-0.39, 0.29) is 0 Å². The highest BCUT2D eigenvalue weighted by Gasteiger charge is 1.93. The lowest BCUT2D eigenvalue weighted by Crippen LogP contribution is -2.07. The predicted molar refractivity (Wildman–Crippen MR) is 89.4 cm³/mol. The van der Waals surface area contributed by atoms with Crippen LogP contribution in [0.3, 0.4) is 0 Å². The Morgan fingerprint density at radius 1 is 0.950 bits per heavy atom. The molecule has 2 aromatic rings. The molecule has 0 fully saturated rings.